The van der Waals surface area contributed by atoms with E-state index in [0.717, 1.165) is 22.9 Å². The number of aromatic nitrogens is 2. The molecule has 0 amide bonds. The Hall–Kier alpha value is -2.26. The molecule has 2 rings (SSSR count). The van der Waals surface area contributed by atoms with Crippen LogP contribution in [-0.2, 0) is 4.74 Å². The predicted molar refractivity (Wildman–Crippen MR) is 85.3 cm³/mol. The van der Waals surface area contributed by atoms with Gasteiger partial charge >= 0.3 is 5.97 Å². The van der Waals surface area contributed by atoms with Crippen LogP contribution in [0.25, 0.3) is 5.69 Å². The molecule has 0 aliphatic carbocycles. The van der Waals surface area contributed by atoms with Gasteiger partial charge in [-0.15, -0.1) is 11.8 Å². The van der Waals surface area contributed by atoms with Crippen LogP contribution in [0.4, 0.5) is 0 Å². The molecule has 0 aliphatic rings. The second-order valence-corrected chi connectivity index (χ2v) is 5.59. The normalized spacial score (nSPS) is 10.2. The van der Waals surface area contributed by atoms with Gasteiger partial charge in [0.15, 0.2) is 0 Å². The van der Waals surface area contributed by atoms with Gasteiger partial charge in [-0.1, -0.05) is 6.92 Å². The highest BCUT2D eigenvalue weighted by atomic mass is 32.2. The maximum atomic E-state index is 12.0. The molecule has 0 saturated heterocycles. The zero-order valence-electron chi connectivity index (χ0n) is 12.6. The van der Waals surface area contributed by atoms with E-state index in [0.29, 0.717) is 17.7 Å². The van der Waals surface area contributed by atoms with E-state index in [9.17, 15) is 4.79 Å². The Morgan fingerprint density at radius 2 is 2.09 bits per heavy atom. The van der Waals surface area contributed by atoms with Crippen molar-refractivity contribution in [2.45, 2.75) is 25.3 Å². The fourth-order valence-electron chi connectivity index (χ4n) is 1.88. The summed E-state index contributed by atoms with van der Waals surface area (Å²) in [7, 11) is 0. The van der Waals surface area contributed by atoms with Crippen molar-refractivity contribution < 1.29 is 9.53 Å². The summed E-state index contributed by atoms with van der Waals surface area (Å²) in [5, 5.41) is 13.9. The summed E-state index contributed by atoms with van der Waals surface area (Å²) in [5.41, 5.74) is 1.88. The highest BCUT2D eigenvalue weighted by Crippen LogP contribution is 2.27. The number of carbonyl (C=O) groups excluding carboxylic acids is 1. The van der Waals surface area contributed by atoms with Crippen LogP contribution in [0, 0.1) is 11.3 Å². The molecule has 6 heteroatoms. The van der Waals surface area contributed by atoms with Crippen LogP contribution >= 0.6 is 11.8 Å². The molecule has 114 valence electrons. The van der Waals surface area contributed by atoms with Crippen molar-refractivity contribution in [3.05, 3.63) is 41.6 Å². The van der Waals surface area contributed by atoms with E-state index in [2.05, 4.69) is 18.1 Å². The molecule has 0 aliphatic heterocycles. The third kappa shape index (κ3) is 3.49. The molecule has 5 nitrogen and oxygen atoms in total. The van der Waals surface area contributed by atoms with E-state index in [1.807, 2.05) is 12.1 Å². The summed E-state index contributed by atoms with van der Waals surface area (Å²) in [6.07, 6.45) is 2.53. The molecule has 0 fully saturated rings. The van der Waals surface area contributed by atoms with Crippen LogP contribution in [0.15, 0.2) is 35.5 Å². The highest BCUT2D eigenvalue weighted by molar-refractivity contribution is 7.99. The Morgan fingerprint density at radius 1 is 1.36 bits per heavy atom. The van der Waals surface area contributed by atoms with E-state index in [1.165, 1.54) is 6.20 Å². The van der Waals surface area contributed by atoms with Crippen molar-refractivity contribution in [2.24, 2.45) is 0 Å². The zero-order chi connectivity index (χ0) is 15.9. The van der Waals surface area contributed by atoms with Gasteiger partial charge in [0.05, 0.1) is 30.1 Å². The standard InChI is InChI=1S/C16H17N3O2S/c1-3-9-22-15-14(16(20)21-4-2)11-18-19(15)13-7-5-12(10-17)6-8-13/h5-8,11H,3-4,9H2,1-2H3. The third-order valence-corrected chi connectivity index (χ3v) is 4.18. The van der Waals surface area contributed by atoms with Gasteiger partial charge in [-0.05, 0) is 43.4 Å². The lowest BCUT2D eigenvalue weighted by molar-refractivity contribution is 0.0522. The van der Waals surface area contributed by atoms with Crippen molar-refractivity contribution in [1.82, 2.24) is 9.78 Å². The molecule has 0 atom stereocenters. The largest absolute Gasteiger partial charge is 0.462 e. The van der Waals surface area contributed by atoms with Crippen LogP contribution in [0.1, 0.15) is 36.2 Å². The number of benzene rings is 1. The van der Waals surface area contributed by atoms with E-state index in [1.54, 1.807) is 35.5 Å². The molecule has 1 heterocycles. The lowest BCUT2D eigenvalue weighted by atomic mass is 10.2. The van der Waals surface area contributed by atoms with Gasteiger partial charge in [0, 0.05) is 0 Å². The third-order valence-electron chi connectivity index (χ3n) is 2.90. The minimum atomic E-state index is -0.360. The summed E-state index contributed by atoms with van der Waals surface area (Å²) in [4.78, 5) is 12.0. The van der Waals surface area contributed by atoms with Gasteiger partial charge in [-0.25, -0.2) is 9.48 Å². The summed E-state index contributed by atoms with van der Waals surface area (Å²) < 4.78 is 6.80. The second-order valence-electron chi connectivity index (χ2n) is 4.50. The Morgan fingerprint density at radius 3 is 2.68 bits per heavy atom. The van der Waals surface area contributed by atoms with Crippen molar-refractivity contribution in [2.75, 3.05) is 12.4 Å². The van der Waals surface area contributed by atoms with Crippen LogP contribution < -0.4 is 0 Å². The summed E-state index contributed by atoms with van der Waals surface area (Å²) in [5.74, 6) is 0.523. The van der Waals surface area contributed by atoms with Gasteiger partial charge in [0.2, 0.25) is 0 Å². The smallest absolute Gasteiger partial charge is 0.342 e. The first-order valence-corrected chi connectivity index (χ1v) is 8.08. The Bertz CT molecular complexity index is 686. The van der Waals surface area contributed by atoms with Gasteiger partial charge in [-0.3, -0.25) is 0 Å². The Balaban J connectivity index is 2.41. The van der Waals surface area contributed by atoms with Gasteiger partial charge in [-0.2, -0.15) is 10.4 Å². The van der Waals surface area contributed by atoms with Crippen LogP contribution in [0.3, 0.4) is 0 Å². The first-order chi connectivity index (χ1) is 10.7. The lowest BCUT2D eigenvalue weighted by Crippen LogP contribution is -2.06. The van der Waals surface area contributed by atoms with Crippen LogP contribution in [0.2, 0.25) is 0 Å². The van der Waals surface area contributed by atoms with Crippen molar-refractivity contribution in [3.63, 3.8) is 0 Å². The Labute approximate surface area is 133 Å². The average molecular weight is 315 g/mol. The van der Waals surface area contributed by atoms with Gasteiger partial charge in [0.25, 0.3) is 0 Å². The lowest BCUT2D eigenvalue weighted by Gasteiger charge is -2.08. The number of hydrogen-bond acceptors (Lipinski definition) is 5. The maximum Gasteiger partial charge on any atom is 0.342 e. The van der Waals surface area contributed by atoms with E-state index in [4.69, 9.17) is 10.00 Å². The van der Waals surface area contributed by atoms with E-state index in [-0.39, 0.29) is 5.97 Å². The van der Waals surface area contributed by atoms with Crippen molar-refractivity contribution in [1.29, 1.82) is 5.26 Å². The highest BCUT2D eigenvalue weighted by Gasteiger charge is 2.19. The number of rotatable bonds is 6. The minimum Gasteiger partial charge on any atom is -0.462 e. The monoisotopic (exact) mass is 315 g/mol. The topological polar surface area (TPSA) is 67.9 Å². The molecule has 22 heavy (non-hydrogen) atoms. The first-order valence-electron chi connectivity index (χ1n) is 7.09. The Kier molecular flexibility index (Phi) is 5.61. The molecule has 0 unspecified atom stereocenters. The van der Waals surface area contributed by atoms with Crippen LogP contribution in [-0.4, -0.2) is 28.1 Å². The molecule has 0 N–H and O–H groups in total. The predicted octanol–water partition coefficient (Wildman–Crippen LogP) is 3.42. The average Bonchev–Trinajstić information content (AvgIpc) is 2.97. The van der Waals surface area contributed by atoms with Gasteiger partial charge in [0.1, 0.15) is 10.6 Å². The second kappa shape index (κ2) is 7.66. The zero-order valence-corrected chi connectivity index (χ0v) is 13.4. The molecule has 1 aromatic carbocycles. The molecule has 0 bridgehead atoms. The van der Waals surface area contributed by atoms with Crippen molar-refractivity contribution >= 4 is 17.7 Å². The van der Waals surface area contributed by atoms with Crippen molar-refractivity contribution in [3.8, 4) is 11.8 Å². The molecular formula is C16H17N3O2S. The van der Waals surface area contributed by atoms with Crippen LogP contribution in [0.5, 0.6) is 0 Å². The summed E-state index contributed by atoms with van der Waals surface area (Å²) in [6, 6.07) is 9.18. The molecule has 1 aromatic heterocycles. The molecule has 0 saturated carbocycles. The molecule has 0 radical (unpaired) electrons. The quantitative estimate of drug-likeness (QED) is 0.603. The minimum absolute atomic E-state index is 0.332. The van der Waals surface area contributed by atoms with Gasteiger partial charge < -0.3 is 4.74 Å². The summed E-state index contributed by atoms with van der Waals surface area (Å²) in [6.45, 7) is 4.19. The summed E-state index contributed by atoms with van der Waals surface area (Å²) >= 11 is 1.57. The molecular weight excluding hydrogens is 298 g/mol. The fourth-order valence-corrected chi connectivity index (χ4v) is 2.85. The number of nitrogens with zero attached hydrogens (tertiary/aromatic N) is 3. The maximum absolute atomic E-state index is 12.0. The number of thioether (sulfide) groups is 1. The molecule has 0 spiro atoms. The SMILES string of the molecule is CCCSc1c(C(=O)OCC)cnn1-c1ccc(C#N)cc1. The molecule has 2 aromatic rings. The number of ether oxygens (including phenoxy) is 1. The van der Waals surface area contributed by atoms with E-state index >= 15 is 0 Å². The fraction of sp³-hybridized carbons (Fsp3) is 0.312. The number of hydrogen-bond donors (Lipinski definition) is 0. The van der Waals surface area contributed by atoms with E-state index < -0.39 is 0 Å². The number of esters is 1. The number of nitriles is 1. The number of carbonyl (C=O) groups is 1. The first kappa shape index (κ1) is 16.1.